The molecule has 34 heavy (non-hydrogen) atoms. The number of unbranched alkanes of at least 4 members (excludes halogenated alkanes) is 26. The van der Waals surface area contributed by atoms with Crippen LogP contribution in [0.2, 0.25) is 0 Å². The standard InChI is InChI=1S/C31H62O3/c1-2-3-4-5-6-7-8-9-10-11-12-13-14-15-16-17-18-19-20-21-22-23-24-25-26-27-28-29-30(32)31(33)34/h30,32H,2-29H2,1H3,(H,33,34). The van der Waals surface area contributed by atoms with Gasteiger partial charge in [-0.2, -0.15) is 0 Å². The third-order valence-corrected chi connectivity index (χ3v) is 7.37. The fraction of sp³-hybridized carbons (Fsp3) is 0.968. The van der Waals surface area contributed by atoms with Crippen LogP contribution >= 0.6 is 0 Å². The molecule has 1 unspecified atom stereocenters. The fourth-order valence-electron chi connectivity index (χ4n) is 4.95. The summed E-state index contributed by atoms with van der Waals surface area (Å²) in [4.78, 5) is 10.5. The van der Waals surface area contributed by atoms with Crippen molar-refractivity contribution in [3.8, 4) is 0 Å². The molecule has 0 heterocycles. The Morgan fingerprint density at radius 2 is 0.647 bits per heavy atom. The summed E-state index contributed by atoms with van der Waals surface area (Å²) in [7, 11) is 0. The number of aliphatic hydroxyl groups excluding tert-OH is 1. The number of carboxylic acids is 1. The molecule has 3 heteroatoms. The highest BCUT2D eigenvalue weighted by atomic mass is 16.4. The van der Waals surface area contributed by atoms with Gasteiger partial charge in [-0.05, 0) is 6.42 Å². The summed E-state index contributed by atoms with van der Waals surface area (Å²) in [5.74, 6) is -1.09. The van der Waals surface area contributed by atoms with Gasteiger partial charge in [-0.1, -0.05) is 180 Å². The SMILES string of the molecule is CCCCCCCCCCCCCCCCCCCCCCCCCCCCCC(O)C(=O)O. The zero-order chi connectivity index (χ0) is 25.0. The average Bonchev–Trinajstić information content (AvgIpc) is 2.83. The molecule has 0 aliphatic rings. The van der Waals surface area contributed by atoms with Crippen LogP contribution in [0.5, 0.6) is 0 Å². The van der Waals surface area contributed by atoms with E-state index in [1.807, 2.05) is 0 Å². The second-order valence-electron chi connectivity index (χ2n) is 10.8. The minimum absolute atomic E-state index is 0.398. The second-order valence-corrected chi connectivity index (χ2v) is 10.8. The predicted molar refractivity (Wildman–Crippen MR) is 149 cm³/mol. The molecule has 0 aromatic rings. The minimum Gasteiger partial charge on any atom is -0.479 e. The van der Waals surface area contributed by atoms with Crippen molar-refractivity contribution in [2.24, 2.45) is 0 Å². The summed E-state index contributed by atoms with van der Waals surface area (Å²) in [6, 6.07) is 0. The number of aliphatic carboxylic acids is 1. The number of aliphatic hydroxyl groups is 1. The van der Waals surface area contributed by atoms with E-state index in [9.17, 15) is 9.90 Å². The summed E-state index contributed by atoms with van der Waals surface area (Å²) in [6.07, 6.45) is 36.4. The van der Waals surface area contributed by atoms with Crippen molar-refractivity contribution in [2.75, 3.05) is 0 Å². The van der Waals surface area contributed by atoms with Gasteiger partial charge in [0, 0.05) is 0 Å². The molecule has 3 nitrogen and oxygen atoms in total. The van der Waals surface area contributed by atoms with E-state index in [4.69, 9.17) is 5.11 Å². The molecule has 0 rings (SSSR count). The summed E-state index contributed by atoms with van der Waals surface area (Å²) in [6.45, 7) is 2.29. The normalized spacial score (nSPS) is 12.3. The summed E-state index contributed by atoms with van der Waals surface area (Å²) in [5.41, 5.74) is 0. The lowest BCUT2D eigenvalue weighted by Gasteiger charge is -2.05. The third-order valence-electron chi connectivity index (χ3n) is 7.37. The second kappa shape index (κ2) is 28.7. The van der Waals surface area contributed by atoms with Gasteiger partial charge in [-0.25, -0.2) is 4.79 Å². The van der Waals surface area contributed by atoms with Crippen molar-refractivity contribution in [3.05, 3.63) is 0 Å². The van der Waals surface area contributed by atoms with Gasteiger partial charge in [0.05, 0.1) is 0 Å². The maximum atomic E-state index is 10.5. The molecular weight excluding hydrogens is 420 g/mol. The Hall–Kier alpha value is -0.570. The quantitative estimate of drug-likeness (QED) is 0.104. The first-order chi connectivity index (χ1) is 16.7. The maximum absolute atomic E-state index is 10.5. The van der Waals surface area contributed by atoms with E-state index in [2.05, 4.69) is 6.92 Å². The highest BCUT2D eigenvalue weighted by Gasteiger charge is 2.11. The number of carboxylic acid groups (broad SMARTS) is 1. The molecule has 0 saturated carbocycles. The molecule has 204 valence electrons. The Morgan fingerprint density at radius 1 is 0.441 bits per heavy atom. The van der Waals surface area contributed by atoms with Crippen molar-refractivity contribution in [1.82, 2.24) is 0 Å². The summed E-state index contributed by atoms with van der Waals surface area (Å²) < 4.78 is 0. The van der Waals surface area contributed by atoms with E-state index in [-0.39, 0.29) is 0 Å². The molecular formula is C31H62O3. The molecule has 0 aromatic heterocycles. The smallest absolute Gasteiger partial charge is 0.332 e. The molecule has 0 aliphatic carbocycles. The molecule has 0 aliphatic heterocycles. The van der Waals surface area contributed by atoms with E-state index in [1.165, 1.54) is 161 Å². The lowest BCUT2D eigenvalue weighted by molar-refractivity contribution is -0.146. The lowest BCUT2D eigenvalue weighted by Crippen LogP contribution is -2.18. The van der Waals surface area contributed by atoms with Crippen LogP contribution in [0.15, 0.2) is 0 Å². The fourth-order valence-corrected chi connectivity index (χ4v) is 4.95. The Morgan fingerprint density at radius 3 is 0.853 bits per heavy atom. The van der Waals surface area contributed by atoms with Gasteiger partial charge in [0.2, 0.25) is 0 Å². The number of rotatable bonds is 29. The number of carbonyl (C=O) groups is 1. The van der Waals surface area contributed by atoms with E-state index >= 15 is 0 Å². The van der Waals surface area contributed by atoms with Crippen LogP contribution in [0.25, 0.3) is 0 Å². The van der Waals surface area contributed by atoms with Crippen LogP contribution < -0.4 is 0 Å². The largest absolute Gasteiger partial charge is 0.479 e. The molecule has 2 N–H and O–H groups in total. The Bertz CT molecular complexity index is 396. The minimum atomic E-state index is -1.17. The monoisotopic (exact) mass is 482 g/mol. The average molecular weight is 483 g/mol. The molecule has 0 amide bonds. The van der Waals surface area contributed by atoms with Crippen molar-refractivity contribution in [3.63, 3.8) is 0 Å². The number of hydrogen-bond donors (Lipinski definition) is 2. The highest BCUT2D eigenvalue weighted by Crippen LogP contribution is 2.16. The Kier molecular flexibility index (Phi) is 28.2. The van der Waals surface area contributed by atoms with Crippen LogP contribution in [0, 0.1) is 0 Å². The Balaban J connectivity index is 3.05. The zero-order valence-electron chi connectivity index (χ0n) is 23.2. The summed E-state index contributed by atoms with van der Waals surface area (Å²) >= 11 is 0. The van der Waals surface area contributed by atoms with Crippen LogP contribution in [0.3, 0.4) is 0 Å². The van der Waals surface area contributed by atoms with E-state index in [1.54, 1.807) is 0 Å². The van der Waals surface area contributed by atoms with Gasteiger partial charge in [0.1, 0.15) is 0 Å². The van der Waals surface area contributed by atoms with Gasteiger partial charge >= 0.3 is 5.97 Å². The van der Waals surface area contributed by atoms with E-state index < -0.39 is 12.1 Å². The van der Waals surface area contributed by atoms with Crippen LogP contribution in [-0.2, 0) is 4.79 Å². The maximum Gasteiger partial charge on any atom is 0.332 e. The molecule has 0 bridgehead atoms. The predicted octanol–water partition coefficient (Wildman–Crippen LogP) is 10.4. The van der Waals surface area contributed by atoms with Gasteiger partial charge in [0.15, 0.2) is 6.10 Å². The Labute approximate surface area is 213 Å². The van der Waals surface area contributed by atoms with Crippen molar-refractivity contribution in [1.29, 1.82) is 0 Å². The van der Waals surface area contributed by atoms with Gasteiger partial charge in [-0.15, -0.1) is 0 Å². The third kappa shape index (κ3) is 27.7. The van der Waals surface area contributed by atoms with E-state index in [0.29, 0.717) is 6.42 Å². The topological polar surface area (TPSA) is 57.5 Å². The van der Waals surface area contributed by atoms with E-state index in [0.717, 1.165) is 12.8 Å². The first-order valence-electron chi connectivity index (χ1n) is 15.6. The van der Waals surface area contributed by atoms with Crippen LogP contribution in [0.1, 0.15) is 187 Å². The van der Waals surface area contributed by atoms with Gasteiger partial charge in [-0.3, -0.25) is 0 Å². The van der Waals surface area contributed by atoms with Gasteiger partial charge < -0.3 is 10.2 Å². The molecule has 0 radical (unpaired) electrons. The number of hydrogen-bond acceptors (Lipinski definition) is 2. The zero-order valence-corrected chi connectivity index (χ0v) is 23.2. The molecule has 1 atom stereocenters. The molecule has 0 fully saturated rings. The van der Waals surface area contributed by atoms with Crippen molar-refractivity contribution in [2.45, 2.75) is 193 Å². The van der Waals surface area contributed by atoms with Gasteiger partial charge in [0.25, 0.3) is 0 Å². The van der Waals surface area contributed by atoms with Crippen molar-refractivity contribution < 1.29 is 15.0 Å². The first kappa shape index (κ1) is 33.4. The first-order valence-corrected chi connectivity index (χ1v) is 15.6. The van der Waals surface area contributed by atoms with Crippen LogP contribution in [-0.4, -0.2) is 22.3 Å². The molecule has 0 saturated heterocycles. The highest BCUT2D eigenvalue weighted by molar-refractivity contribution is 5.71. The molecule has 0 aromatic carbocycles. The van der Waals surface area contributed by atoms with Crippen LogP contribution in [0.4, 0.5) is 0 Å². The molecule has 0 spiro atoms. The van der Waals surface area contributed by atoms with Crippen molar-refractivity contribution >= 4 is 5.97 Å². The lowest BCUT2D eigenvalue weighted by atomic mass is 10.0. The summed E-state index contributed by atoms with van der Waals surface area (Å²) in [5, 5.41) is 17.8.